The molecule has 0 unspecified atom stereocenters. The SMILES string of the molecule is CC.CC.CC.CC.CC.CC.CC.CC.CC.CC.CC.c1ccc(-n2c3ccccc3c3cc(-c4ccc5c(c4)c4ccccc4n5-c4ccccc4)ccc32)cc1.c1ccc(-n2c3ccccc3c3cc(-n4c5ccccc5c5ccccc54)ccc32)cc1.c1ccc(-n2c3ccccc3c3cc4c5ccccc5n(-c5ccccc5)c4cc32)cc1.c1ccc(-n2c3ccccc3c3ncccc32)cc1. The van der Waals surface area contributed by atoms with E-state index in [9.17, 15) is 0 Å². The molecule has 0 fully saturated rings. The van der Waals surface area contributed by atoms with E-state index in [1.807, 2.05) is 171 Å². The van der Waals surface area contributed by atoms with Gasteiger partial charge in [0.2, 0.25) is 0 Å². The maximum absolute atomic E-state index is 4.53. The van der Waals surface area contributed by atoms with Crippen LogP contribution in [0.4, 0.5) is 0 Å². The summed E-state index contributed by atoms with van der Waals surface area (Å²) < 4.78 is 16.5. The fraction of sp³-hybridized carbons (Fsp3) is 0.163. The second kappa shape index (κ2) is 52.6. The summed E-state index contributed by atoms with van der Waals surface area (Å²) in [6.45, 7) is 44.0. The van der Waals surface area contributed by atoms with Gasteiger partial charge in [0.25, 0.3) is 0 Å². The molecule has 0 spiro atoms. The molecule has 8 aromatic heterocycles. The molecule has 18 aromatic carbocycles. The van der Waals surface area contributed by atoms with Crippen molar-refractivity contribution in [2.75, 3.05) is 0 Å². The lowest BCUT2D eigenvalue weighted by Crippen LogP contribution is -1.95. The molecule has 26 rings (SSSR count). The second-order valence-corrected chi connectivity index (χ2v) is 30.9. The summed E-state index contributed by atoms with van der Waals surface area (Å²) in [6, 6.07) is 162. The number of nitrogens with zero attached hydrogens (tertiary/aromatic N) is 8. The van der Waals surface area contributed by atoms with Crippen LogP contribution in [0.25, 0.3) is 204 Å². The van der Waals surface area contributed by atoms with Crippen LogP contribution < -0.4 is 0 Å². The maximum Gasteiger partial charge on any atom is 0.0963 e. The van der Waals surface area contributed by atoms with Gasteiger partial charge >= 0.3 is 0 Å². The van der Waals surface area contributed by atoms with Gasteiger partial charge in [0.05, 0.1) is 82.8 Å². The molecule has 0 bridgehead atoms. The fourth-order valence-corrected chi connectivity index (χ4v) is 19.0. The molecule has 26 aromatic rings. The Kier molecular flexibility index (Phi) is 38.9. The van der Waals surface area contributed by atoms with Crippen molar-refractivity contribution in [1.29, 1.82) is 0 Å². The highest BCUT2D eigenvalue weighted by molar-refractivity contribution is 6.20. The molecular weight excluding hydrogens is 1730 g/mol. The van der Waals surface area contributed by atoms with Gasteiger partial charge in [0, 0.05) is 116 Å². The molecule has 0 aliphatic carbocycles. The number of hydrogen-bond acceptors (Lipinski definition) is 1. The number of rotatable bonds is 8. The van der Waals surface area contributed by atoms with Crippen molar-refractivity contribution in [3.8, 4) is 50.9 Å². The van der Waals surface area contributed by atoms with E-state index >= 15 is 0 Å². The van der Waals surface area contributed by atoms with Gasteiger partial charge in [-0.3, -0.25) is 4.98 Å². The van der Waals surface area contributed by atoms with Crippen LogP contribution in [0.15, 0.2) is 461 Å². The summed E-state index contributed by atoms with van der Waals surface area (Å²) in [5.41, 5.74) is 28.9. The highest BCUT2D eigenvalue weighted by Gasteiger charge is 2.23. The molecule has 8 heterocycles. The first kappa shape index (κ1) is 106. The van der Waals surface area contributed by atoms with Crippen molar-refractivity contribution >= 4 is 153 Å². The summed E-state index contributed by atoms with van der Waals surface area (Å²) in [6.07, 6.45) is 1.85. The fourth-order valence-electron chi connectivity index (χ4n) is 19.0. The molecule has 0 saturated carbocycles. The van der Waals surface area contributed by atoms with E-state index in [4.69, 9.17) is 0 Å². The van der Waals surface area contributed by atoms with Crippen LogP contribution in [-0.4, -0.2) is 37.0 Å². The molecule has 722 valence electrons. The summed E-state index contributed by atoms with van der Waals surface area (Å²) in [7, 11) is 0. The Morgan fingerprint density at radius 3 is 0.573 bits per heavy atom. The van der Waals surface area contributed by atoms with E-state index in [-0.39, 0.29) is 0 Å². The van der Waals surface area contributed by atoms with Gasteiger partial charge in [-0.2, -0.15) is 0 Å². The molecular formula is C135H142N8. The molecule has 0 aliphatic heterocycles. The lowest BCUT2D eigenvalue weighted by atomic mass is 10.0. The molecule has 0 amide bonds. The number of hydrogen-bond donors (Lipinski definition) is 0. The smallest absolute Gasteiger partial charge is 0.0963 e. The Bertz CT molecular complexity index is 8050. The topological polar surface area (TPSA) is 47.4 Å². The van der Waals surface area contributed by atoms with Gasteiger partial charge in [0.15, 0.2) is 0 Å². The number of fused-ring (bicyclic) bond motifs is 21. The summed E-state index contributed by atoms with van der Waals surface area (Å²) in [5, 5.41) is 16.5. The summed E-state index contributed by atoms with van der Waals surface area (Å²) >= 11 is 0. The van der Waals surface area contributed by atoms with Crippen LogP contribution >= 0.6 is 0 Å². The van der Waals surface area contributed by atoms with E-state index in [0.29, 0.717) is 0 Å². The molecule has 0 atom stereocenters. The Hall–Kier alpha value is -16.3. The van der Waals surface area contributed by atoms with Gasteiger partial charge in [0.1, 0.15) is 0 Å². The van der Waals surface area contributed by atoms with E-state index in [0.717, 1.165) is 11.0 Å². The highest BCUT2D eigenvalue weighted by Crippen LogP contribution is 2.44. The van der Waals surface area contributed by atoms with Crippen molar-refractivity contribution < 1.29 is 0 Å². The number of aromatic nitrogens is 8. The average molecular weight is 1880 g/mol. The lowest BCUT2D eigenvalue weighted by Gasteiger charge is -2.10. The van der Waals surface area contributed by atoms with Crippen LogP contribution in [0, 0.1) is 0 Å². The standard InChI is InChI=1S/C36H24N2.2C30H20N2.C17H12N2.11C2H6/c1-3-11-27(12-4-1)37-33-17-9-7-15-29(33)31-23-25(19-21-35(31)37)26-20-22-36-32(24-26)30-16-8-10-18-34(30)38(36)28-13-5-2-6-14-28;1-3-11-21(12-4-1)31-27-17-9-7-15-23(27)25-19-26-24-16-8-10-18-28(24)32(30(26)20-29(25)31)22-13-5-2-6-14-22;1-2-10-21(11-3-1)31-29-17-9-6-14-25(29)26-20-22(18-19-30(26)31)32-27-15-7-4-12-23(27)24-13-5-8-16-28(24)32;1-2-7-13(8-3-1)19-15-10-5-4-9-14(15)17-16(19)11-6-12-18-17;11*1-2/h1-24H;2*1-20H;1-12H;11*1-2H3. The van der Waals surface area contributed by atoms with Gasteiger partial charge < -0.3 is 32.0 Å². The molecule has 8 nitrogen and oxygen atoms in total. The molecule has 0 aliphatic rings. The van der Waals surface area contributed by atoms with Gasteiger partial charge in [-0.25, -0.2) is 0 Å². The highest BCUT2D eigenvalue weighted by atomic mass is 15.0. The van der Waals surface area contributed by atoms with Crippen molar-refractivity contribution in [3.05, 3.63) is 461 Å². The summed E-state index contributed by atoms with van der Waals surface area (Å²) in [5.74, 6) is 0. The van der Waals surface area contributed by atoms with Crippen LogP contribution in [0.5, 0.6) is 0 Å². The minimum Gasteiger partial charge on any atom is -0.309 e. The van der Waals surface area contributed by atoms with Gasteiger partial charge in [-0.1, -0.05) is 419 Å². The van der Waals surface area contributed by atoms with E-state index < -0.39 is 0 Å². The largest absolute Gasteiger partial charge is 0.309 e. The van der Waals surface area contributed by atoms with Crippen LogP contribution in [0.2, 0.25) is 0 Å². The minimum atomic E-state index is 1.06. The first-order valence-electron chi connectivity index (χ1n) is 52.3. The lowest BCUT2D eigenvalue weighted by molar-refractivity contribution is 1.16. The predicted octanol–water partition coefficient (Wildman–Crippen LogP) is 40.8. The number of pyridine rings is 1. The van der Waals surface area contributed by atoms with Crippen molar-refractivity contribution in [2.45, 2.75) is 152 Å². The third-order valence-corrected chi connectivity index (χ3v) is 24.2. The quantitative estimate of drug-likeness (QED) is 0.150. The normalized spacial score (nSPS) is 10.3. The minimum absolute atomic E-state index is 1.06. The molecule has 143 heavy (non-hydrogen) atoms. The van der Waals surface area contributed by atoms with E-state index in [1.165, 1.54) is 193 Å². The Morgan fingerprint density at radius 2 is 0.301 bits per heavy atom. The van der Waals surface area contributed by atoms with Crippen LogP contribution in [-0.2, 0) is 0 Å². The average Bonchev–Trinajstić information content (AvgIpc) is 1.56. The zero-order chi connectivity index (χ0) is 102. The van der Waals surface area contributed by atoms with Gasteiger partial charge in [-0.15, -0.1) is 0 Å². The third kappa shape index (κ3) is 21.1. The first-order chi connectivity index (χ1) is 71.1. The van der Waals surface area contributed by atoms with Crippen molar-refractivity contribution in [1.82, 2.24) is 37.0 Å². The van der Waals surface area contributed by atoms with Crippen LogP contribution in [0.1, 0.15) is 152 Å². The first-order valence-corrected chi connectivity index (χ1v) is 52.3. The van der Waals surface area contributed by atoms with Crippen LogP contribution in [0.3, 0.4) is 0 Å². The monoisotopic (exact) mass is 1880 g/mol. The zero-order valence-electron chi connectivity index (χ0n) is 88.0. The summed E-state index contributed by atoms with van der Waals surface area (Å²) in [4.78, 5) is 4.53. The van der Waals surface area contributed by atoms with E-state index in [2.05, 4.69) is 480 Å². The van der Waals surface area contributed by atoms with Crippen molar-refractivity contribution in [3.63, 3.8) is 0 Å². The molecule has 0 N–H and O–H groups in total. The Balaban J connectivity index is 0.000000162. The number of para-hydroxylation sites is 14. The van der Waals surface area contributed by atoms with E-state index in [1.54, 1.807) is 0 Å². The Labute approximate surface area is 848 Å². The molecule has 8 heteroatoms. The third-order valence-electron chi connectivity index (χ3n) is 24.2. The van der Waals surface area contributed by atoms with Crippen molar-refractivity contribution in [2.24, 2.45) is 0 Å². The Morgan fingerprint density at radius 1 is 0.119 bits per heavy atom. The predicted molar refractivity (Wildman–Crippen MR) is 634 cm³/mol. The molecule has 0 saturated heterocycles. The number of benzene rings is 18. The van der Waals surface area contributed by atoms with Gasteiger partial charge in [-0.05, 0) is 199 Å². The maximum atomic E-state index is 4.53. The zero-order valence-corrected chi connectivity index (χ0v) is 88.0. The molecule has 0 radical (unpaired) electrons. The second-order valence-electron chi connectivity index (χ2n) is 30.9.